The average Bonchev–Trinajstić information content (AvgIpc) is 2.15. The molecule has 3 nitrogen and oxygen atoms in total. The Kier molecular flexibility index (Phi) is 4.91. The summed E-state index contributed by atoms with van der Waals surface area (Å²) in [6, 6.07) is 4.60. The van der Waals surface area contributed by atoms with E-state index < -0.39 is 15.8 Å². The van der Waals surface area contributed by atoms with Crippen molar-refractivity contribution < 1.29 is 12.8 Å². The summed E-state index contributed by atoms with van der Waals surface area (Å²) in [7, 11) is -3.68. The molecular weight excluding hydrogens is 265 g/mol. The largest absolute Gasteiger partial charge is 0.240 e. The summed E-state index contributed by atoms with van der Waals surface area (Å²) >= 11 is 5.78. The van der Waals surface area contributed by atoms with Gasteiger partial charge >= 0.3 is 0 Å². The number of benzene rings is 1. The first kappa shape index (κ1) is 14.4. The summed E-state index contributed by atoms with van der Waals surface area (Å²) in [5, 5.41) is -0.125. The predicted octanol–water partition coefficient (Wildman–Crippen LogP) is 2.51. The molecule has 96 valence electrons. The van der Waals surface area contributed by atoms with Crippen LogP contribution in [-0.2, 0) is 10.0 Å². The van der Waals surface area contributed by atoms with E-state index in [0.29, 0.717) is 6.42 Å². The topological polar surface area (TPSA) is 46.2 Å². The van der Waals surface area contributed by atoms with Gasteiger partial charge in [-0.25, -0.2) is 17.5 Å². The molecule has 0 amide bonds. The van der Waals surface area contributed by atoms with Crippen molar-refractivity contribution in [3.63, 3.8) is 0 Å². The molecule has 0 aromatic heterocycles. The number of hydrogen-bond donors (Lipinski definition) is 1. The first-order valence-corrected chi connectivity index (χ1v) is 7.15. The highest BCUT2D eigenvalue weighted by molar-refractivity contribution is 7.89. The number of nitrogens with one attached hydrogen (secondary N) is 1. The molecule has 0 radical (unpaired) electrons. The van der Waals surface area contributed by atoms with Crippen LogP contribution < -0.4 is 4.72 Å². The van der Waals surface area contributed by atoms with Gasteiger partial charge in [0.25, 0.3) is 0 Å². The van der Waals surface area contributed by atoms with Crippen LogP contribution in [0.25, 0.3) is 0 Å². The molecule has 1 aromatic rings. The summed E-state index contributed by atoms with van der Waals surface area (Å²) < 4.78 is 39.1. The van der Waals surface area contributed by atoms with Gasteiger partial charge in [0.1, 0.15) is 5.82 Å². The van der Waals surface area contributed by atoms with Gasteiger partial charge in [-0.2, -0.15) is 0 Å². The van der Waals surface area contributed by atoms with Crippen molar-refractivity contribution >= 4 is 21.6 Å². The molecule has 0 aliphatic rings. The third-order valence-electron chi connectivity index (χ3n) is 2.14. The Hall–Kier alpha value is -0.650. The predicted molar refractivity (Wildman–Crippen MR) is 66.1 cm³/mol. The maximum absolute atomic E-state index is 12.9. The Morgan fingerprint density at radius 3 is 2.59 bits per heavy atom. The van der Waals surface area contributed by atoms with E-state index in [-0.39, 0.29) is 16.3 Å². The van der Waals surface area contributed by atoms with Gasteiger partial charge in [0.15, 0.2) is 0 Å². The van der Waals surface area contributed by atoms with Crippen LogP contribution in [0.2, 0.25) is 0 Å². The second kappa shape index (κ2) is 5.80. The molecule has 0 aliphatic carbocycles. The molecule has 0 aliphatic heterocycles. The van der Waals surface area contributed by atoms with Crippen LogP contribution in [0, 0.1) is 5.82 Å². The van der Waals surface area contributed by atoms with Gasteiger partial charge in [0, 0.05) is 11.4 Å². The van der Waals surface area contributed by atoms with Gasteiger partial charge in [-0.1, -0.05) is 6.07 Å². The molecule has 1 N–H and O–H groups in total. The van der Waals surface area contributed by atoms with E-state index in [4.69, 9.17) is 11.6 Å². The number of hydrogen-bond acceptors (Lipinski definition) is 2. The van der Waals surface area contributed by atoms with E-state index in [9.17, 15) is 12.8 Å². The monoisotopic (exact) mass is 279 g/mol. The molecule has 0 bridgehead atoms. The Morgan fingerprint density at radius 2 is 2.06 bits per heavy atom. The van der Waals surface area contributed by atoms with Gasteiger partial charge in [0.2, 0.25) is 10.0 Å². The normalized spacial score (nSPS) is 15.5. The fourth-order valence-corrected chi connectivity index (χ4v) is 3.06. The smallest absolute Gasteiger partial charge is 0.208 e. The first-order valence-electron chi connectivity index (χ1n) is 5.23. The molecule has 0 heterocycles. The van der Waals surface area contributed by atoms with Crippen LogP contribution in [0.1, 0.15) is 20.3 Å². The molecule has 0 fully saturated rings. The fourth-order valence-electron chi connectivity index (χ4n) is 1.50. The highest BCUT2D eigenvalue weighted by Gasteiger charge is 2.18. The summed E-state index contributed by atoms with van der Waals surface area (Å²) in [6.07, 6.45) is 0.510. The molecule has 6 heteroatoms. The minimum Gasteiger partial charge on any atom is -0.208 e. The summed E-state index contributed by atoms with van der Waals surface area (Å²) in [5.41, 5.74) is 0. The summed E-state index contributed by atoms with van der Waals surface area (Å²) in [4.78, 5) is -0.0772. The second-order valence-corrected chi connectivity index (χ2v) is 6.46. The fraction of sp³-hybridized carbons (Fsp3) is 0.455. The van der Waals surface area contributed by atoms with Crippen LogP contribution in [0.15, 0.2) is 29.2 Å². The minimum absolute atomic E-state index is 0.0772. The summed E-state index contributed by atoms with van der Waals surface area (Å²) in [5.74, 6) is -0.578. The van der Waals surface area contributed by atoms with Crippen molar-refractivity contribution in [3.8, 4) is 0 Å². The third-order valence-corrected chi connectivity index (χ3v) is 3.91. The lowest BCUT2D eigenvalue weighted by Gasteiger charge is -2.15. The standard InChI is InChI=1S/C11H15ClFNO2S/c1-8(12)6-9(2)14-17(15,16)11-5-3-4-10(13)7-11/h3-5,7-9,14H,6H2,1-2H3. The van der Waals surface area contributed by atoms with Gasteiger partial charge < -0.3 is 0 Å². The van der Waals surface area contributed by atoms with Crippen molar-refractivity contribution in [1.82, 2.24) is 4.72 Å². The Balaban J connectivity index is 2.82. The van der Waals surface area contributed by atoms with Gasteiger partial charge in [0.05, 0.1) is 4.90 Å². The molecule has 0 spiro atoms. The lowest BCUT2D eigenvalue weighted by Crippen LogP contribution is -2.34. The van der Waals surface area contributed by atoms with Gasteiger partial charge in [-0.05, 0) is 38.5 Å². The molecule has 2 unspecified atom stereocenters. The molecule has 1 rings (SSSR count). The van der Waals surface area contributed by atoms with Crippen LogP contribution in [0.4, 0.5) is 4.39 Å². The Morgan fingerprint density at radius 1 is 1.41 bits per heavy atom. The summed E-state index contributed by atoms with van der Waals surface area (Å²) in [6.45, 7) is 3.50. The van der Waals surface area contributed by atoms with E-state index in [0.717, 1.165) is 6.07 Å². The number of alkyl halides is 1. The molecule has 2 atom stereocenters. The van der Waals surface area contributed by atoms with Crippen LogP contribution >= 0.6 is 11.6 Å². The lowest BCUT2D eigenvalue weighted by atomic mass is 10.2. The first-order chi connectivity index (χ1) is 7.81. The zero-order chi connectivity index (χ0) is 13.1. The van der Waals surface area contributed by atoms with E-state index in [1.807, 2.05) is 0 Å². The number of sulfonamides is 1. The zero-order valence-corrected chi connectivity index (χ0v) is 11.2. The van der Waals surface area contributed by atoms with Crippen molar-refractivity contribution in [2.45, 2.75) is 36.6 Å². The van der Waals surface area contributed by atoms with E-state index in [1.165, 1.54) is 18.2 Å². The van der Waals surface area contributed by atoms with Crippen molar-refractivity contribution in [1.29, 1.82) is 0 Å². The molecular formula is C11H15ClFNO2S. The molecule has 0 saturated heterocycles. The SMILES string of the molecule is CC(Cl)CC(C)NS(=O)(=O)c1cccc(F)c1. The number of rotatable bonds is 5. The van der Waals surface area contributed by atoms with Gasteiger partial charge in [-0.3, -0.25) is 0 Å². The van der Waals surface area contributed by atoms with E-state index >= 15 is 0 Å². The van der Waals surface area contributed by atoms with Crippen LogP contribution in [0.5, 0.6) is 0 Å². The lowest BCUT2D eigenvalue weighted by molar-refractivity contribution is 0.544. The Bertz CT molecular complexity index is 476. The Labute approximate surface area is 106 Å². The average molecular weight is 280 g/mol. The maximum atomic E-state index is 12.9. The van der Waals surface area contributed by atoms with E-state index in [2.05, 4.69) is 4.72 Å². The molecule has 1 aromatic carbocycles. The second-order valence-electron chi connectivity index (χ2n) is 4.00. The number of halogens is 2. The van der Waals surface area contributed by atoms with Gasteiger partial charge in [-0.15, -0.1) is 11.6 Å². The van der Waals surface area contributed by atoms with Crippen molar-refractivity contribution in [2.75, 3.05) is 0 Å². The third kappa shape index (κ3) is 4.61. The van der Waals surface area contributed by atoms with E-state index in [1.54, 1.807) is 13.8 Å². The van der Waals surface area contributed by atoms with Crippen molar-refractivity contribution in [2.24, 2.45) is 0 Å². The molecule has 17 heavy (non-hydrogen) atoms. The van der Waals surface area contributed by atoms with Crippen molar-refractivity contribution in [3.05, 3.63) is 30.1 Å². The zero-order valence-electron chi connectivity index (χ0n) is 9.65. The minimum atomic E-state index is -3.68. The molecule has 0 saturated carbocycles. The quantitative estimate of drug-likeness (QED) is 0.842. The maximum Gasteiger partial charge on any atom is 0.240 e. The highest BCUT2D eigenvalue weighted by Crippen LogP contribution is 2.12. The van der Waals surface area contributed by atoms with Crippen LogP contribution in [0.3, 0.4) is 0 Å². The highest BCUT2D eigenvalue weighted by atomic mass is 35.5. The van der Waals surface area contributed by atoms with Crippen LogP contribution in [-0.4, -0.2) is 19.8 Å².